The lowest BCUT2D eigenvalue weighted by Gasteiger charge is -2.25. The van der Waals surface area contributed by atoms with Gasteiger partial charge in [0.25, 0.3) is 0 Å². The van der Waals surface area contributed by atoms with Gasteiger partial charge < -0.3 is 10.2 Å². The molecule has 0 amide bonds. The fourth-order valence-corrected chi connectivity index (χ4v) is 3.58. The second-order valence-electron chi connectivity index (χ2n) is 5.16. The number of hydrogen-bond donors (Lipinski definition) is 1. The Morgan fingerprint density at radius 3 is 3.25 bits per heavy atom. The van der Waals surface area contributed by atoms with E-state index in [0.29, 0.717) is 5.69 Å². The molecule has 1 aliphatic heterocycles. The van der Waals surface area contributed by atoms with Gasteiger partial charge in [-0.15, -0.1) is 11.3 Å². The molecule has 3 heterocycles. The van der Waals surface area contributed by atoms with Gasteiger partial charge in [0, 0.05) is 29.7 Å². The number of benzene rings is 1. The number of hydrogen-bond acceptors (Lipinski definition) is 5. The second kappa shape index (κ2) is 4.61. The molecule has 0 saturated carbocycles. The van der Waals surface area contributed by atoms with Crippen LogP contribution in [-0.2, 0) is 19.5 Å². The van der Waals surface area contributed by atoms with Crippen LogP contribution < -0.4 is 5.73 Å². The van der Waals surface area contributed by atoms with Gasteiger partial charge in [0.15, 0.2) is 5.58 Å². The molecule has 0 bridgehead atoms. The highest BCUT2D eigenvalue weighted by molar-refractivity contribution is 7.10. The normalized spacial score (nSPS) is 15.6. The molecule has 5 heteroatoms. The SMILES string of the molecule is Nc1ccc2nc(CN3CCc4sccc4C3)oc2c1. The number of fused-ring (bicyclic) bond motifs is 2. The van der Waals surface area contributed by atoms with E-state index in [1.807, 2.05) is 29.5 Å². The maximum atomic E-state index is 5.79. The summed E-state index contributed by atoms with van der Waals surface area (Å²) in [6.45, 7) is 2.80. The van der Waals surface area contributed by atoms with Gasteiger partial charge in [-0.3, -0.25) is 4.90 Å². The highest BCUT2D eigenvalue weighted by atomic mass is 32.1. The van der Waals surface area contributed by atoms with Crippen LogP contribution in [0.15, 0.2) is 34.1 Å². The van der Waals surface area contributed by atoms with E-state index in [-0.39, 0.29) is 0 Å². The monoisotopic (exact) mass is 285 g/mol. The van der Waals surface area contributed by atoms with Crippen LogP contribution in [0.5, 0.6) is 0 Å². The predicted octanol–water partition coefficient (Wildman–Crippen LogP) is 3.03. The summed E-state index contributed by atoms with van der Waals surface area (Å²) in [7, 11) is 0. The largest absolute Gasteiger partial charge is 0.439 e. The number of oxazole rings is 1. The van der Waals surface area contributed by atoms with Crippen LogP contribution >= 0.6 is 11.3 Å². The minimum atomic E-state index is 0.709. The van der Waals surface area contributed by atoms with Crippen molar-refractivity contribution in [3.8, 4) is 0 Å². The van der Waals surface area contributed by atoms with E-state index in [0.717, 1.165) is 43.0 Å². The maximum Gasteiger partial charge on any atom is 0.209 e. The Morgan fingerprint density at radius 2 is 2.30 bits per heavy atom. The average Bonchev–Trinajstić information content (AvgIpc) is 3.03. The van der Waals surface area contributed by atoms with Crippen LogP contribution in [-0.4, -0.2) is 16.4 Å². The van der Waals surface area contributed by atoms with E-state index in [1.165, 1.54) is 10.4 Å². The molecule has 0 unspecified atom stereocenters. The Balaban J connectivity index is 1.56. The Kier molecular flexibility index (Phi) is 2.75. The summed E-state index contributed by atoms with van der Waals surface area (Å²) in [5.74, 6) is 0.768. The number of thiophene rings is 1. The van der Waals surface area contributed by atoms with E-state index in [9.17, 15) is 0 Å². The Labute approximate surface area is 120 Å². The molecule has 4 rings (SSSR count). The Morgan fingerprint density at radius 1 is 1.35 bits per heavy atom. The molecular formula is C15H15N3OS. The molecule has 0 radical (unpaired) electrons. The van der Waals surface area contributed by atoms with Crippen molar-refractivity contribution in [3.63, 3.8) is 0 Å². The summed E-state index contributed by atoms with van der Waals surface area (Å²) < 4.78 is 5.79. The molecule has 1 aliphatic rings. The zero-order valence-electron chi connectivity index (χ0n) is 11.0. The minimum Gasteiger partial charge on any atom is -0.439 e. The summed E-state index contributed by atoms with van der Waals surface area (Å²) >= 11 is 1.86. The van der Waals surface area contributed by atoms with Crippen LogP contribution in [0.3, 0.4) is 0 Å². The van der Waals surface area contributed by atoms with Crippen molar-refractivity contribution in [3.05, 3.63) is 46.0 Å². The average molecular weight is 285 g/mol. The van der Waals surface area contributed by atoms with Gasteiger partial charge in [0.05, 0.1) is 6.54 Å². The lowest BCUT2D eigenvalue weighted by Crippen LogP contribution is -2.29. The molecule has 0 saturated heterocycles. The smallest absolute Gasteiger partial charge is 0.209 e. The van der Waals surface area contributed by atoms with Crippen LogP contribution in [0, 0.1) is 0 Å². The number of nitrogen functional groups attached to an aromatic ring is 1. The first-order valence-corrected chi connectivity index (χ1v) is 7.58. The number of anilines is 1. The quantitative estimate of drug-likeness (QED) is 0.735. The molecule has 0 atom stereocenters. The van der Waals surface area contributed by atoms with Gasteiger partial charge in [-0.05, 0) is 35.6 Å². The van der Waals surface area contributed by atoms with Crippen molar-refractivity contribution in [1.82, 2.24) is 9.88 Å². The fraction of sp³-hybridized carbons (Fsp3) is 0.267. The third-order valence-electron chi connectivity index (χ3n) is 3.70. The fourth-order valence-electron chi connectivity index (χ4n) is 2.69. The first kappa shape index (κ1) is 11.9. The molecule has 0 spiro atoms. The number of nitrogens with two attached hydrogens (primary N) is 1. The summed E-state index contributed by atoms with van der Waals surface area (Å²) in [5.41, 5.74) is 9.57. The minimum absolute atomic E-state index is 0.709. The highest BCUT2D eigenvalue weighted by Gasteiger charge is 2.19. The molecule has 102 valence electrons. The first-order valence-electron chi connectivity index (χ1n) is 6.70. The van der Waals surface area contributed by atoms with Gasteiger partial charge in [0.2, 0.25) is 5.89 Å². The van der Waals surface area contributed by atoms with E-state index in [4.69, 9.17) is 10.2 Å². The van der Waals surface area contributed by atoms with E-state index in [2.05, 4.69) is 21.3 Å². The van der Waals surface area contributed by atoms with Crippen molar-refractivity contribution in [2.24, 2.45) is 0 Å². The van der Waals surface area contributed by atoms with Gasteiger partial charge >= 0.3 is 0 Å². The van der Waals surface area contributed by atoms with Crippen molar-refractivity contribution < 1.29 is 4.42 Å². The maximum absolute atomic E-state index is 5.79. The number of aromatic nitrogens is 1. The van der Waals surface area contributed by atoms with Crippen molar-refractivity contribution in [1.29, 1.82) is 0 Å². The number of rotatable bonds is 2. The lowest BCUT2D eigenvalue weighted by atomic mass is 10.1. The third-order valence-corrected chi connectivity index (χ3v) is 4.73. The van der Waals surface area contributed by atoms with Crippen molar-refractivity contribution in [2.75, 3.05) is 12.3 Å². The zero-order valence-corrected chi connectivity index (χ0v) is 11.8. The topological polar surface area (TPSA) is 55.3 Å². The van der Waals surface area contributed by atoms with Gasteiger partial charge in [-0.1, -0.05) is 0 Å². The summed E-state index contributed by atoms with van der Waals surface area (Å²) in [6.07, 6.45) is 1.13. The summed E-state index contributed by atoms with van der Waals surface area (Å²) in [6, 6.07) is 7.82. The van der Waals surface area contributed by atoms with Crippen LogP contribution in [0.25, 0.3) is 11.1 Å². The Bertz CT molecular complexity index is 761. The van der Waals surface area contributed by atoms with E-state index < -0.39 is 0 Å². The lowest BCUT2D eigenvalue weighted by molar-refractivity contribution is 0.225. The second-order valence-corrected chi connectivity index (χ2v) is 6.17. The number of nitrogens with zero attached hydrogens (tertiary/aromatic N) is 2. The van der Waals surface area contributed by atoms with Crippen molar-refractivity contribution in [2.45, 2.75) is 19.5 Å². The van der Waals surface area contributed by atoms with Gasteiger partial charge in [-0.25, -0.2) is 4.98 Å². The van der Waals surface area contributed by atoms with Crippen LogP contribution in [0.1, 0.15) is 16.3 Å². The standard InChI is InChI=1S/C15H15N3OS/c16-11-1-2-12-13(7-11)19-15(17-12)9-18-5-3-14-10(8-18)4-6-20-14/h1-2,4,6-7H,3,5,8-9,16H2. The predicted molar refractivity (Wildman–Crippen MR) is 80.6 cm³/mol. The molecule has 3 aromatic rings. The van der Waals surface area contributed by atoms with Gasteiger partial charge in [-0.2, -0.15) is 0 Å². The van der Waals surface area contributed by atoms with Crippen molar-refractivity contribution >= 4 is 28.1 Å². The summed E-state index contributed by atoms with van der Waals surface area (Å²) in [4.78, 5) is 8.43. The molecule has 0 fully saturated rings. The molecule has 20 heavy (non-hydrogen) atoms. The zero-order chi connectivity index (χ0) is 13.5. The molecule has 2 aromatic heterocycles. The molecule has 4 nitrogen and oxygen atoms in total. The third kappa shape index (κ3) is 2.09. The first-order chi connectivity index (χ1) is 9.78. The van der Waals surface area contributed by atoms with E-state index >= 15 is 0 Å². The molecule has 2 N–H and O–H groups in total. The summed E-state index contributed by atoms with van der Waals surface area (Å²) in [5, 5.41) is 2.18. The van der Waals surface area contributed by atoms with Crippen LogP contribution in [0.2, 0.25) is 0 Å². The highest BCUT2D eigenvalue weighted by Crippen LogP contribution is 2.26. The van der Waals surface area contributed by atoms with Crippen LogP contribution in [0.4, 0.5) is 5.69 Å². The molecular weight excluding hydrogens is 270 g/mol. The molecule has 0 aliphatic carbocycles. The Hall–Kier alpha value is -1.85. The van der Waals surface area contributed by atoms with Gasteiger partial charge in [0.1, 0.15) is 5.52 Å². The van der Waals surface area contributed by atoms with E-state index in [1.54, 1.807) is 0 Å². The molecule has 1 aromatic carbocycles.